The second kappa shape index (κ2) is 6.50. The Kier molecular flexibility index (Phi) is 4.43. The van der Waals surface area contributed by atoms with Gasteiger partial charge in [0.2, 0.25) is 5.91 Å². The van der Waals surface area contributed by atoms with Crippen molar-refractivity contribution in [3.8, 4) is 0 Å². The first-order valence-electron chi connectivity index (χ1n) is 7.16. The highest BCUT2D eigenvalue weighted by Gasteiger charge is 2.31. The summed E-state index contributed by atoms with van der Waals surface area (Å²) in [5, 5.41) is 2.87. The molecule has 2 aromatic carbocycles. The van der Waals surface area contributed by atoms with Crippen molar-refractivity contribution in [2.24, 2.45) is 0 Å². The second-order valence-corrected chi connectivity index (χ2v) is 6.19. The lowest BCUT2D eigenvalue weighted by molar-refractivity contribution is -0.117. The minimum absolute atomic E-state index is 0.0889. The zero-order valence-electron chi connectivity index (χ0n) is 12.1. The van der Waals surface area contributed by atoms with Crippen molar-refractivity contribution in [1.29, 1.82) is 0 Å². The normalized spacial score (nSPS) is 17.4. The van der Waals surface area contributed by atoms with Gasteiger partial charge in [-0.15, -0.1) is 0 Å². The summed E-state index contributed by atoms with van der Waals surface area (Å²) in [7, 11) is 0. The molecule has 0 spiro atoms. The number of amides is 2. The fraction of sp³-hybridized carbons (Fsp3) is 0.176. The SMILES string of the molecule is O=C(N[C@@H]1CC(=O)N(c2ccc(F)cc2)C1)c1ccccc1Br. The molecule has 118 valence electrons. The molecule has 1 N–H and O–H groups in total. The average Bonchev–Trinajstić information content (AvgIpc) is 2.89. The summed E-state index contributed by atoms with van der Waals surface area (Å²) >= 11 is 3.34. The van der Waals surface area contributed by atoms with Crippen molar-refractivity contribution < 1.29 is 14.0 Å². The number of carbonyl (C=O) groups is 2. The molecule has 3 rings (SSSR count). The van der Waals surface area contributed by atoms with Gasteiger partial charge in [-0.2, -0.15) is 0 Å². The number of rotatable bonds is 3. The smallest absolute Gasteiger partial charge is 0.252 e. The maximum atomic E-state index is 13.0. The van der Waals surface area contributed by atoms with Gasteiger partial charge in [0.15, 0.2) is 0 Å². The number of anilines is 1. The van der Waals surface area contributed by atoms with E-state index in [1.165, 1.54) is 12.1 Å². The number of hydrogen-bond donors (Lipinski definition) is 1. The Hall–Kier alpha value is -2.21. The zero-order valence-corrected chi connectivity index (χ0v) is 13.7. The number of benzene rings is 2. The lowest BCUT2D eigenvalue weighted by atomic mass is 10.2. The van der Waals surface area contributed by atoms with Gasteiger partial charge in [0.25, 0.3) is 5.91 Å². The number of carbonyl (C=O) groups excluding carboxylic acids is 2. The molecule has 0 saturated carbocycles. The van der Waals surface area contributed by atoms with Crippen molar-refractivity contribution in [2.45, 2.75) is 12.5 Å². The van der Waals surface area contributed by atoms with E-state index < -0.39 is 0 Å². The van der Waals surface area contributed by atoms with Gasteiger partial charge in [-0.05, 0) is 52.3 Å². The molecule has 4 nitrogen and oxygen atoms in total. The quantitative estimate of drug-likeness (QED) is 0.894. The highest BCUT2D eigenvalue weighted by Crippen LogP contribution is 2.22. The van der Waals surface area contributed by atoms with E-state index in [-0.39, 0.29) is 30.1 Å². The molecule has 1 aliphatic rings. The molecular weight excluding hydrogens is 363 g/mol. The molecular formula is C17H14BrFN2O2. The van der Waals surface area contributed by atoms with Gasteiger partial charge in [-0.1, -0.05) is 12.1 Å². The number of nitrogens with zero attached hydrogens (tertiary/aromatic N) is 1. The lowest BCUT2D eigenvalue weighted by Crippen LogP contribution is -2.37. The number of hydrogen-bond acceptors (Lipinski definition) is 2. The Morgan fingerprint density at radius 1 is 1.17 bits per heavy atom. The molecule has 1 fully saturated rings. The standard InChI is InChI=1S/C17H14BrFN2O2/c18-15-4-2-1-3-14(15)17(23)20-12-9-16(22)21(10-12)13-7-5-11(19)6-8-13/h1-8,12H,9-10H2,(H,20,23)/t12-/m1/s1. The first-order valence-corrected chi connectivity index (χ1v) is 7.95. The summed E-state index contributed by atoms with van der Waals surface area (Å²) in [6, 6.07) is 12.6. The molecule has 0 aliphatic carbocycles. The Morgan fingerprint density at radius 2 is 1.87 bits per heavy atom. The van der Waals surface area contributed by atoms with Gasteiger partial charge < -0.3 is 10.2 Å². The first-order chi connectivity index (χ1) is 11.0. The zero-order chi connectivity index (χ0) is 16.4. The summed E-state index contributed by atoms with van der Waals surface area (Å²) in [5.74, 6) is -0.663. The van der Waals surface area contributed by atoms with Gasteiger partial charge >= 0.3 is 0 Å². The first kappa shape index (κ1) is 15.7. The predicted molar refractivity (Wildman–Crippen MR) is 88.8 cm³/mol. The van der Waals surface area contributed by atoms with Crippen LogP contribution < -0.4 is 10.2 Å². The van der Waals surface area contributed by atoms with Gasteiger partial charge in [0, 0.05) is 23.1 Å². The summed E-state index contributed by atoms with van der Waals surface area (Å²) in [5.41, 5.74) is 1.16. The highest BCUT2D eigenvalue weighted by molar-refractivity contribution is 9.10. The van der Waals surface area contributed by atoms with Crippen LogP contribution in [0.5, 0.6) is 0 Å². The van der Waals surface area contributed by atoms with Crippen LogP contribution in [-0.4, -0.2) is 24.4 Å². The fourth-order valence-corrected chi connectivity index (χ4v) is 3.05. The molecule has 1 atom stereocenters. The monoisotopic (exact) mass is 376 g/mol. The molecule has 23 heavy (non-hydrogen) atoms. The topological polar surface area (TPSA) is 49.4 Å². The van der Waals surface area contributed by atoms with E-state index in [4.69, 9.17) is 0 Å². The minimum atomic E-state index is -0.348. The van der Waals surface area contributed by atoms with Crippen LogP contribution in [0.4, 0.5) is 10.1 Å². The summed E-state index contributed by atoms with van der Waals surface area (Å²) in [4.78, 5) is 26.0. The number of nitrogens with one attached hydrogen (secondary N) is 1. The van der Waals surface area contributed by atoms with E-state index in [0.717, 1.165) is 0 Å². The van der Waals surface area contributed by atoms with Gasteiger partial charge in [-0.3, -0.25) is 9.59 Å². The number of halogens is 2. The highest BCUT2D eigenvalue weighted by atomic mass is 79.9. The predicted octanol–water partition coefficient (Wildman–Crippen LogP) is 3.12. The van der Waals surface area contributed by atoms with Crippen molar-refractivity contribution >= 4 is 33.4 Å². The maximum Gasteiger partial charge on any atom is 0.252 e. The van der Waals surface area contributed by atoms with Crippen LogP contribution >= 0.6 is 15.9 Å². The molecule has 2 aromatic rings. The molecule has 2 amide bonds. The van der Waals surface area contributed by atoms with E-state index in [0.29, 0.717) is 22.3 Å². The van der Waals surface area contributed by atoms with Crippen LogP contribution in [-0.2, 0) is 4.79 Å². The van der Waals surface area contributed by atoms with Crippen LogP contribution in [0.3, 0.4) is 0 Å². The molecule has 0 aromatic heterocycles. The van der Waals surface area contributed by atoms with E-state index in [1.807, 2.05) is 6.07 Å². The Labute approximate surface area is 141 Å². The summed E-state index contributed by atoms with van der Waals surface area (Å²) < 4.78 is 13.7. The van der Waals surface area contributed by atoms with Gasteiger partial charge in [0.1, 0.15) is 5.82 Å². The largest absolute Gasteiger partial charge is 0.347 e. The van der Waals surface area contributed by atoms with E-state index >= 15 is 0 Å². The average molecular weight is 377 g/mol. The molecule has 0 bridgehead atoms. The fourth-order valence-electron chi connectivity index (χ4n) is 2.58. The third-order valence-electron chi connectivity index (χ3n) is 3.72. The van der Waals surface area contributed by atoms with Gasteiger partial charge in [-0.25, -0.2) is 4.39 Å². The van der Waals surface area contributed by atoms with E-state index in [2.05, 4.69) is 21.2 Å². The van der Waals surface area contributed by atoms with Crippen molar-refractivity contribution in [3.05, 3.63) is 64.4 Å². The van der Waals surface area contributed by atoms with Crippen LogP contribution in [0, 0.1) is 5.82 Å². The third kappa shape index (κ3) is 3.42. The van der Waals surface area contributed by atoms with Crippen LogP contribution in [0.25, 0.3) is 0 Å². The minimum Gasteiger partial charge on any atom is -0.347 e. The maximum absolute atomic E-state index is 13.0. The van der Waals surface area contributed by atoms with Crippen molar-refractivity contribution in [2.75, 3.05) is 11.4 Å². The third-order valence-corrected chi connectivity index (χ3v) is 4.41. The van der Waals surface area contributed by atoms with Crippen molar-refractivity contribution in [1.82, 2.24) is 5.32 Å². The van der Waals surface area contributed by atoms with E-state index in [1.54, 1.807) is 35.2 Å². The Bertz CT molecular complexity index is 749. The van der Waals surface area contributed by atoms with Gasteiger partial charge in [0.05, 0.1) is 11.6 Å². The Morgan fingerprint density at radius 3 is 2.57 bits per heavy atom. The molecule has 6 heteroatoms. The van der Waals surface area contributed by atoms with E-state index in [9.17, 15) is 14.0 Å². The lowest BCUT2D eigenvalue weighted by Gasteiger charge is -2.17. The molecule has 1 heterocycles. The molecule has 0 radical (unpaired) electrons. The summed E-state index contributed by atoms with van der Waals surface area (Å²) in [6.07, 6.45) is 0.230. The molecule has 0 unspecified atom stereocenters. The van der Waals surface area contributed by atoms with Crippen LogP contribution in [0.2, 0.25) is 0 Å². The van der Waals surface area contributed by atoms with Crippen LogP contribution in [0.1, 0.15) is 16.8 Å². The second-order valence-electron chi connectivity index (χ2n) is 5.34. The molecule has 1 saturated heterocycles. The Balaban J connectivity index is 1.69. The summed E-state index contributed by atoms with van der Waals surface area (Å²) in [6.45, 7) is 0.376. The van der Waals surface area contributed by atoms with Crippen LogP contribution in [0.15, 0.2) is 53.0 Å². The molecule has 1 aliphatic heterocycles. The van der Waals surface area contributed by atoms with Crippen molar-refractivity contribution in [3.63, 3.8) is 0 Å².